The third-order valence-corrected chi connectivity index (χ3v) is 8.03. The number of nitrogens with zero attached hydrogens (tertiary/aromatic N) is 2. The van der Waals surface area contributed by atoms with E-state index in [2.05, 4.69) is 10.1 Å². The topological polar surface area (TPSA) is 75.8 Å². The summed E-state index contributed by atoms with van der Waals surface area (Å²) in [5.41, 5.74) is 4.32. The van der Waals surface area contributed by atoms with Crippen LogP contribution in [0.4, 0.5) is 5.69 Å². The van der Waals surface area contributed by atoms with Crippen LogP contribution in [0.1, 0.15) is 51.9 Å². The van der Waals surface area contributed by atoms with Crippen molar-refractivity contribution in [1.82, 2.24) is 5.16 Å². The highest BCUT2D eigenvalue weighted by molar-refractivity contribution is 6.39. The van der Waals surface area contributed by atoms with Gasteiger partial charge in [0.15, 0.2) is 0 Å². The first-order chi connectivity index (χ1) is 18.4. The van der Waals surface area contributed by atoms with Crippen LogP contribution in [0, 0.1) is 0 Å². The molecule has 194 valence electrons. The molecule has 1 aromatic heterocycles. The van der Waals surface area contributed by atoms with Gasteiger partial charge in [-0.05, 0) is 54.8 Å². The molecule has 6 rings (SSSR count). The molecule has 1 saturated carbocycles. The van der Waals surface area contributed by atoms with Gasteiger partial charge in [-0.1, -0.05) is 58.2 Å². The molecule has 2 fully saturated rings. The Hall–Kier alpha value is -3.19. The fourth-order valence-electron chi connectivity index (χ4n) is 4.85. The van der Waals surface area contributed by atoms with Crippen LogP contribution in [0.25, 0.3) is 11.3 Å². The second-order valence-corrected chi connectivity index (χ2v) is 10.9. The zero-order valence-electron chi connectivity index (χ0n) is 20.2. The number of hydrogen-bond acceptors (Lipinski definition) is 5. The molecule has 0 bridgehead atoms. The normalized spacial score (nSPS) is 15.4. The summed E-state index contributed by atoms with van der Waals surface area (Å²) < 4.78 is 11.9. The van der Waals surface area contributed by atoms with Crippen molar-refractivity contribution in [3.05, 3.63) is 98.2 Å². The zero-order chi connectivity index (χ0) is 26.4. The Morgan fingerprint density at radius 1 is 0.974 bits per heavy atom. The molecule has 1 aliphatic carbocycles. The minimum absolute atomic E-state index is 0.244. The van der Waals surface area contributed by atoms with Crippen LogP contribution >= 0.6 is 34.8 Å². The third-order valence-electron chi connectivity index (χ3n) is 7.10. The maximum Gasteiger partial charge on any atom is 0.335 e. The molecule has 1 saturated heterocycles. The standard InChI is InChI=1S/C29H23Cl3N2O4/c30-22-5-2-6-23(31)26(22)27-21(28(38-33-27)16-7-8-16)15-37-20-9-10-25(24(32)12-20)34-13-19(14-34)17-3-1-4-18(11-17)29(35)36/h1-6,9-12,16,19H,7-8,13-15H2,(H,35,36). The van der Waals surface area contributed by atoms with Gasteiger partial charge >= 0.3 is 5.97 Å². The van der Waals surface area contributed by atoms with Gasteiger partial charge < -0.3 is 19.3 Å². The number of aromatic carboxylic acids is 1. The third kappa shape index (κ3) is 4.84. The van der Waals surface area contributed by atoms with Crippen LogP contribution in [0.3, 0.4) is 0 Å². The number of carbonyl (C=O) groups is 1. The molecule has 0 amide bonds. The van der Waals surface area contributed by atoms with Crippen LogP contribution in [0.5, 0.6) is 5.75 Å². The lowest BCUT2D eigenvalue weighted by Crippen LogP contribution is -2.45. The maximum absolute atomic E-state index is 11.3. The number of anilines is 1. The molecule has 2 heterocycles. The number of rotatable bonds is 8. The molecule has 4 aromatic rings. The summed E-state index contributed by atoms with van der Waals surface area (Å²) in [5.74, 6) is 1.11. The molecule has 1 aliphatic heterocycles. The van der Waals surface area contributed by atoms with Gasteiger partial charge in [0.2, 0.25) is 0 Å². The molecule has 38 heavy (non-hydrogen) atoms. The molecule has 0 atom stereocenters. The predicted octanol–water partition coefficient (Wildman–Crippen LogP) is 8.06. The van der Waals surface area contributed by atoms with Crippen LogP contribution in [0.15, 0.2) is 65.2 Å². The lowest BCUT2D eigenvalue weighted by Gasteiger charge is -2.42. The molecule has 6 nitrogen and oxygen atoms in total. The Kier molecular flexibility index (Phi) is 6.72. The maximum atomic E-state index is 11.3. The summed E-state index contributed by atoms with van der Waals surface area (Å²) in [6, 6.07) is 18.1. The smallest absolute Gasteiger partial charge is 0.335 e. The van der Waals surface area contributed by atoms with Crippen molar-refractivity contribution < 1.29 is 19.2 Å². The highest BCUT2D eigenvalue weighted by Gasteiger charge is 2.34. The Labute approximate surface area is 234 Å². The number of benzene rings is 3. The first kappa shape index (κ1) is 25.1. The Balaban J connectivity index is 1.16. The Morgan fingerprint density at radius 2 is 1.71 bits per heavy atom. The zero-order valence-corrected chi connectivity index (χ0v) is 22.4. The van der Waals surface area contributed by atoms with Crippen LogP contribution < -0.4 is 9.64 Å². The van der Waals surface area contributed by atoms with Gasteiger partial charge in [0.25, 0.3) is 0 Å². The fourth-order valence-corrected chi connectivity index (χ4v) is 5.72. The van der Waals surface area contributed by atoms with E-state index in [0.29, 0.717) is 43.6 Å². The van der Waals surface area contributed by atoms with Crippen molar-refractivity contribution in [2.45, 2.75) is 31.3 Å². The minimum Gasteiger partial charge on any atom is -0.489 e. The van der Waals surface area contributed by atoms with E-state index < -0.39 is 5.97 Å². The second kappa shape index (κ2) is 10.2. The van der Waals surface area contributed by atoms with Crippen molar-refractivity contribution in [3.8, 4) is 17.0 Å². The number of halogens is 3. The fraction of sp³-hybridized carbons (Fsp3) is 0.241. The van der Waals surface area contributed by atoms with E-state index in [1.165, 1.54) is 0 Å². The molecule has 1 N–H and O–H groups in total. The molecular weight excluding hydrogens is 547 g/mol. The van der Waals surface area contributed by atoms with E-state index in [1.54, 1.807) is 36.4 Å². The minimum atomic E-state index is -0.917. The quantitative estimate of drug-likeness (QED) is 0.231. The Morgan fingerprint density at radius 3 is 2.39 bits per heavy atom. The van der Waals surface area contributed by atoms with Gasteiger partial charge in [0.05, 0.1) is 31.9 Å². The molecule has 0 unspecified atom stereocenters. The van der Waals surface area contributed by atoms with Crippen molar-refractivity contribution in [2.75, 3.05) is 18.0 Å². The average Bonchev–Trinajstić information content (AvgIpc) is 3.63. The highest BCUT2D eigenvalue weighted by atomic mass is 35.5. The summed E-state index contributed by atoms with van der Waals surface area (Å²) in [7, 11) is 0. The molecular formula is C29H23Cl3N2O4. The number of aromatic nitrogens is 1. The van der Waals surface area contributed by atoms with Gasteiger partial charge in [0.1, 0.15) is 23.8 Å². The van der Waals surface area contributed by atoms with E-state index in [1.807, 2.05) is 24.3 Å². The van der Waals surface area contributed by atoms with Crippen LogP contribution in [-0.4, -0.2) is 29.3 Å². The summed E-state index contributed by atoms with van der Waals surface area (Å²) >= 11 is 19.6. The predicted molar refractivity (Wildman–Crippen MR) is 148 cm³/mol. The van der Waals surface area contributed by atoms with Crippen molar-refractivity contribution >= 4 is 46.5 Å². The van der Waals surface area contributed by atoms with Crippen molar-refractivity contribution in [2.24, 2.45) is 0 Å². The van der Waals surface area contributed by atoms with Gasteiger partial charge in [-0.15, -0.1) is 0 Å². The number of carboxylic acid groups (broad SMARTS) is 1. The number of hydrogen-bond donors (Lipinski definition) is 1. The summed E-state index contributed by atoms with van der Waals surface area (Å²) in [6.07, 6.45) is 2.10. The van der Waals surface area contributed by atoms with E-state index >= 15 is 0 Å². The van der Waals surface area contributed by atoms with E-state index in [4.69, 9.17) is 44.1 Å². The van der Waals surface area contributed by atoms with E-state index in [0.717, 1.165) is 48.5 Å². The molecule has 0 radical (unpaired) electrons. The average molecular weight is 570 g/mol. The molecule has 3 aromatic carbocycles. The number of carboxylic acids is 1. The van der Waals surface area contributed by atoms with Gasteiger partial charge in [-0.2, -0.15) is 0 Å². The summed E-state index contributed by atoms with van der Waals surface area (Å²) in [6.45, 7) is 1.76. The van der Waals surface area contributed by atoms with E-state index in [-0.39, 0.29) is 12.5 Å². The van der Waals surface area contributed by atoms with Crippen molar-refractivity contribution in [3.63, 3.8) is 0 Å². The lowest BCUT2D eigenvalue weighted by atomic mass is 9.90. The lowest BCUT2D eigenvalue weighted by molar-refractivity contribution is 0.0696. The SMILES string of the molecule is O=C(O)c1cccc(C2CN(c3ccc(OCc4c(-c5c(Cl)cccc5Cl)noc4C4CC4)cc3Cl)C2)c1. The highest BCUT2D eigenvalue weighted by Crippen LogP contribution is 2.46. The van der Waals surface area contributed by atoms with Gasteiger partial charge in [-0.3, -0.25) is 0 Å². The monoisotopic (exact) mass is 568 g/mol. The van der Waals surface area contributed by atoms with Gasteiger partial charge in [0, 0.05) is 36.6 Å². The first-order valence-electron chi connectivity index (χ1n) is 12.3. The Bertz CT molecular complexity index is 1510. The van der Waals surface area contributed by atoms with Gasteiger partial charge in [-0.25, -0.2) is 4.79 Å². The summed E-state index contributed by atoms with van der Waals surface area (Å²) in [5, 5.41) is 15.2. The van der Waals surface area contributed by atoms with Crippen LogP contribution in [0.2, 0.25) is 15.1 Å². The molecule has 0 spiro atoms. The first-order valence-corrected chi connectivity index (χ1v) is 13.5. The van der Waals surface area contributed by atoms with E-state index in [9.17, 15) is 9.90 Å². The van der Waals surface area contributed by atoms with Crippen LogP contribution in [-0.2, 0) is 6.61 Å². The molecule has 2 aliphatic rings. The van der Waals surface area contributed by atoms with Crippen molar-refractivity contribution in [1.29, 1.82) is 0 Å². The second-order valence-electron chi connectivity index (χ2n) is 9.68. The molecule has 9 heteroatoms. The number of ether oxygens (including phenoxy) is 1. The summed E-state index contributed by atoms with van der Waals surface area (Å²) in [4.78, 5) is 13.5. The largest absolute Gasteiger partial charge is 0.489 e.